The monoisotopic (exact) mass is 366 g/mol. The molecule has 0 saturated heterocycles. The molecule has 0 aliphatic rings. The number of benzene rings is 1. The molecule has 1 heterocycles. The van der Waals surface area contributed by atoms with Crippen LogP contribution in [-0.2, 0) is 17.9 Å². The Balaban J connectivity index is 2.15. The smallest absolute Gasteiger partial charge is 0.240 e. The van der Waals surface area contributed by atoms with Crippen LogP contribution in [0.4, 0.5) is 0 Å². The molecule has 0 aliphatic heterocycles. The molecule has 0 spiro atoms. The minimum absolute atomic E-state index is 0.0180. The fraction of sp³-hybridized carbons (Fsp3) is 0.421. The first-order chi connectivity index (χ1) is 11.5. The number of unbranched alkanes of at least 4 members (excludes halogenated alkanes) is 1. The van der Waals surface area contributed by atoms with Crippen LogP contribution in [0.1, 0.15) is 37.9 Å². The molecule has 0 N–H and O–H groups in total. The highest BCUT2D eigenvalue weighted by molar-refractivity contribution is 6.31. The fourth-order valence-corrected chi connectivity index (χ4v) is 2.95. The zero-order chi connectivity index (χ0) is 17.5. The second-order valence-corrected chi connectivity index (χ2v) is 7.01. The van der Waals surface area contributed by atoms with Crippen molar-refractivity contribution in [2.75, 3.05) is 6.54 Å². The molecule has 1 amide bonds. The minimum Gasteiger partial charge on any atom is -0.345 e. The summed E-state index contributed by atoms with van der Waals surface area (Å²) in [6, 6.07) is 11.9. The Morgan fingerprint density at radius 3 is 2.67 bits per heavy atom. The average molecular weight is 367 g/mol. The van der Waals surface area contributed by atoms with Gasteiger partial charge in [-0.15, -0.1) is 11.6 Å². The van der Waals surface area contributed by atoms with Crippen LogP contribution >= 0.6 is 23.2 Å². The Labute approximate surface area is 154 Å². The second kappa shape index (κ2) is 9.14. The molecular weight excluding hydrogens is 343 g/mol. The molecule has 0 radical (unpaired) electrons. The minimum atomic E-state index is -0.506. The topological polar surface area (TPSA) is 25.2 Å². The maximum Gasteiger partial charge on any atom is 0.240 e. The summed E-state index contributed by atoms with van der Waals surface area (Å²) < 4.78 is 2.13. The Bertz CT molecular complexity index is 667. The van der Waals surface area contributed by atoms with Gasteiger partial charge in [0, 0.05) is 30.0 Å². The van der Waals surface area contributed by atoms with Gasteiger partial charge in [0.1, 0.15) is 5.38 Å². The molecule has 0 aliphatic carbocycles. The molecule has 1 aromatic heterocycles. The van der Waals surface area contributed by atoms with Crippen molar-refractivity contribution < 1.29 is 4.79 Å². The third-order valence-electron chi connectivity index (χ3n) is 4.01. The number of hydrogen-bond acceptors (Lipinski definition) is 1. The van der Waals surface area contributed by atoms with Crippen molar-refractivity contribution in [2.24, 2.45) is 0 Å². The van der Waals surface area contributed by atoms with Gasteiger partial charge in [-0.3, -0.25) is 4.79 Å². The van der Waals surface area contributed by atoms with Gasteiger partial charge in [0.15, 0.2) is 0 Å². The number of alkyl halides is 1. The Kier molecular flexibility index (Phi) is 7.19. The quantitative estimate of drug-likeness (QED) is 0.607. The lowest BCUT2D eigenvalue weighted by atomic mass is 10.2. The van der Waals surface area contributed by atoms with Crippen LogP contribution in [0.2, 0.25) is 5.02 Å². The number of halogens is 2. The van der Waals surface area contributed by atoms with E-state index < -0.39 is 5.38 Å². The third-order valence-corrected chi connectivity index (χ3v) is 4.56. The molecular formula is C19H24Cl2N2O. The fourth-order valence-electron chi connectivity index (χ4n) is 2.62. The van der Waals surface area contributed by atoms with E-state index in [0.29, 0.717) is 13.1 Å². The Morgan fingerprint density at radius 2 is 2.00 bits per heavy atom. The molecule has 2 aromatic rings. The van der Waals surface area contributed by atoms with Crippen LogP contribution in [0.25, 0.3) is 0 Å². The highest BCUT2D eigenvalue weighted by Crippen LogP contribution is 2.18. The normalized spacial score (nSPS) is 12.2. The highest BCUT2D eigenvalue weighted by atomic mass is 35.5. The summed E-state index contributed by atoms with van der Waals surface area (Å²) in [7, 11) is 0. The number of hydrogen-bond donors (Lipinski definition) is 0. The number of nitrogens with zero attached hydrogens (tertiary/aromatic N) is 2. The van der Waals surface area contributed by atoms with E-state index in [-0.39, 0.29) is 5.91 Å². The lowest BCUT2D eigenvalue weighted by Crippen LogP contribution is -2.36. The average Bonchev–Trinajstić information content (AvgIpc) is 2.99. The van der Waals surface area contributed by atoms with E-state index in [9.17, 15) is 4.79 Å². The highest BCUT2D eigenvalue weighted by Gasteiger charge is 2.19. The molecule has 3 nitrogen and oxygen atoms in total. The molecule has 1 atom stereocenters. The van der Waals surface area contributed by atoms with Gasteiger partial charge in [-0.05, 0) is 37.1 Å². The van der Waals surface area contributed by atoms with Gasteiger partial charge in [-0.2, -0.15) is 0 Å². The summed E-state index contributed by atoms with van der Waals surface area (Å²) in [6.45, 7) is 5.82. The second-order valence-electron chi connectivity index (χ2n) is 5.95. The van der Waals surface area contributed by atoms with Crippen LogP contribution in [0.5, 0.6) is 0 Å². The summed E-state index contributed by atoms with van der Waals surface area (Å²) in [5, 5.41) is 0.249. The summed E-state index contributed by atoms with van der Waals surface area (Å²) in [5.74, 6) is -0.0180. The molecule has 0 fully saturated rings. The number of aromatic nitrogens is 1. The molecule has 0 bridgehead atoms. The predicted octanol–water partition coefficient (Wildman–Crippen LogP) is 4.95. The first-order valence-corrected chi connectivity index (χ1v) is 9.14. The summed E-state index contributed by atoms with van der Waals surface area (Å²) in [5.41, 5.74) is 2.14. The van der Waals surface area contributed by atoms with E-state index in [1.807, 2.05) is 47.5 Å². The molecule has 130 valence electrons. The molecule has 0 saturated carbocycles. The van der Waals surface area contributed by atoms with Crippen molar-refractivity contribution in [3.63, 3.8) is 0 Å². The molecule has 2 rings (SSSR count). The number of rotatable bonds is 8. The lowest BCUT2D eigenvalue weighted by Gasteiger charge is -2.24. The molecule has 1 aromatic carbocycles. The molecule has 24 heavy (non-hydrogen) atoms. The first-order valence-electron chi connectivity index (χ1n) is 8.33. The van der Waals surface area contributed by atoms with Crippen molar-refractivity contribution in [1.82, 2.24) is 9.47 Å². The van der Waals surface area contributed by atoms with E-state index in [2.05, 4.69) is 11.5 Å². The summed E-state index contributed by atoms with van der Waals surface area (Å²) in [6.07, 6.45) is 4.03. The van der Waals surface area contributed by atoms with E-state index >= 15 is 0 Å². The van der Waals surface area contributed by atoms with Gasteiger partial charge in [-0.25, -0.2) is 0 Å². The maximum absolute atomic E-state index is 12.4. The zero-order valence-electron chi connectivity index (χ0n) is 14.2. The van der Waals surface area contributed by atoms with E-state index in [4.69, 9.17) is 23.2 Å². The van der Waals surface area contributed by atoms with Crippen molar-refractivity contribution >= 4 is 29.1 Å². The maximum atomic E-state index is 12.4. The molecule has 5 heteroatoms. The third kappa shape index (κ3) is 5.02. The lowest BCUT2D eigenvalue weighted by molar-refractivity contribution is -0.131. The molecule has 0 unspecified atom stereocenters. The number of carbonyl (C=O) groups is 1. The van der Waals surface area contributed by atoms with Gasteiger partial charge >= 0.3 is 0 Å². The zero-order valence-corrected chi connectivity index (χ0v) is 15.7. The van der Waals surface area contributed by atoms with Gasteiger partial charge < -0.3 is 9.47 Å². The van der Waals surface area contributed by atoms with Crippen molar-refractivity contribution in [1.29, 1.82) is 0 Å². The van der Waals surface area contributed by atoms with E-state index in [0.717, 1.165) is 35.7 Å². The largest absolute Gasteiger partial charge is 0.345 e. The van der Waals surface area contributed by atoms with Crippen LogP contribution in [0.15, 0.2) is 42.6 Å². The van der Waals surface area contributed by atoms with Crippen LogP contribution in [0.3, 0.4) is 0 Å². The first kappa shape index (κ1) is 18.9. The van der Waals surface area contributed by atoms with Crippen LogP contribution in [0, 0.1) is 0 Å². The van der Waals surface area contributed by atoms with Gasteiger partial charge in [0.25, 0.3) is 0 Å². The summed E-state index contributed by atoms with van der Waals surface area (Å²) >= 11 is 12.3. The van der Waals surface area contributed by atoms with Gasteiger partial charge in [-0.1, -0.05) is 43.1 Å². The SMILES string of the molecule is CCCCN(Cc1cccn1Cc1ccccc1Cl)C(=O)[C@@H](C)Cl. The number of carbonyl (C=O) groups excluding carboxylic acids is 1. The standard InChI is InChI=1S/C19H24Cl2N2O/c1-3-4-11-23(19(24)15(2)20)14-17-9-7-12-22(17)13-16-8-5-6-10-18(16)21/h5-10,12,15H,3-4,11,13-14H2,1-2H3/t15-/m1/s1. The van der Waals surface area contributed by atoms with Crippen molar-refractivity contribution in [3.8, 4) is 0 Å². The number of amides is 1. The van der Waals surface area contributed by atoms with Gasteiger partial charge in [0.2, 0.25) is 5.91 Å². The summed E-state index contributed by atoms with van der Waals surface area (Å²) in [4.78, 5) is 14.2. The van der Waals surface area contributed by atoms with Gasteiger partial charge in [0.05, 0.1) is 6.54 Å². The van der Waals surface area contributed by atoms with Crippen molar-refractivity contribution in [3.05, 3.63) is 58.9 Å². The van der Waals surface area contributed by atoms with Crippen LogP contribution < -0.4 is 0 Å². The predicted molar refractivity (Wildman–Crippen MR) is 101 cm³/mol. The Hall–Kier alpha value is -1.45. The van der Waals surface area contributed by atoms with Crippen molar-refractivity contribution in [2.45, 2.75) is 45.2 Å². The van der Waals surface area contributed by atoms with E-state index in [1.54, 1.807) is 6.92 Å². The van der Waals surface area contributed by atoms with Crippen LogP contribution in [-0.4, -0.2) is 27.3 Å². The van der Waals surface area contributed by atoms with E-state index in [1.165, 1.54) is 0 Å². The Morgan fingerprint density at radius 1 is 1.25 bits per heavy atom.